The highest BCUT2D eigenvalue weighted by molar-refractivity contribution is 7.86. The van der Waals surface area contributed by atoms with E-state index in [1.54, 1.807) is 39.0 Å². The molecular formula is C35H47NO14S4. The van der Waals surface area contributed by atoms with Gasteiger partial charge in [-0.15, -0.1) is 0 Å². The molecule has 15 nitrogen and oxygen atoms in total. The molecule has 300 valence electrons. The normalized spacial score (nSPS) is 18.6. The minimum atomic E-state index is -4.65. The number of anilines is 1. The topological polar surface area (TPSA) is 258 Å². The zero-order valence-electron chi connectivity index (χ0n) is 30.2. The Bertz CT molecular complexity index is 2260. The van der Waals surface area contributed by atoms with E-state index in [2.05, 4.69) is 6.58 Å². The Morgan fingerprint density at radius 1 is 0.833 bits per heavy atom. The van der Waals surface area contributed by atoms with Gasteiger partial charge < -0.3 is 10.0 Å². The number of hydrogen-bond acceptors (Lipinski definition) is 10. The van der Waals surface area contributed by atoms with Crippen LogP contribution in [0.1, 0.15) is 81.9 Å². The Kier molecular flexibility index (Phi) is 14.3. The van der Waals surface area contributed by atoms with Crippen LogP contribution in [0.15, 0.2) is 82.3 Å². The predicted molar refractivity (Wildman–Crippen MR) is 203 cm³/mol. The van der Waals surface area contributed by atoms with Gasteiger partial charge in [-0.25, -0.2) is 0 Å². The first-order chi connectivity index (χ1) is 24.7. The number of hydrogen-bond donors (Lipinski definition) is 5. The highest BCUT2D eigenvalue weighted by atomic mass is 32.2. The summed E-state index contributed by atoms with van der Waals surface area (Å²) in [5, 5.41) is 9.08. The van der Waals surface area contributed by atoms with Gasteiger partial charge in [-0.1, -0.05) is 38.1 Å². The number of carboxylic acids is 1. The van der Waals surface area contributed by atoms with Gasteiger partial charge in [0, 0.05) is 35.2 Å². The van der Waals surface area contributed by atoms with Gasteiger partial charge in [-0.2, -0.15) is 33.7 Å². The van der Waals surface area contributed by atoms with E-state index in [0.29, 0.717) is 59.5 Å². The summed E-state index contributed by atoms with van der Waals surface area (Å²) in [7, 11) is -18.0. The number of benzene rings is 2. The smallest absolute Gasteiger partial charge is 0.303 e. The van der Waals surface area contributed by atoms with Crippen molar-refractivity contribution in [3.05, 3.63) is 89.2 Å². The second-order valence-electron chi connectivity index (χ2n) is 13.8. The van der Waals surface area contributed by atoms with Crippen molar-refractivity contribution in [2.24, 2.45) is 0 Å². The summed E-state index contributed by atoms with van der Waals surface area (Å²) in [6, 6.07) is 8.02. The number of aliphatic carboxylic acids is 1. The molecule has 0 saturated heterocycles. The molecule has 54 heavy (non-hydrogen) atoms. The van der Waals surface area contributed by atoms with Crippen LogP contribution in [0.4, 0.5) is 5.69 Å². The van der Waals surface area contributed by atoms with Gasteiger partial charge in [0.25, 0.3) is 40.5 Å². The van der Waals surface area contributed by atoms with E-state index in [9.17, 15) is 56.7 Å². The van der Waals surface area contributed by atoms with Crippen molar-refractivity contribution in [1.82, 2.24) is 0 Å². The molecule has 0 radical (unpaired) electrons. The summed E-state index contributed by atoms with van der Waals surface area (Å²) in [6.07, 6.45) is 6.41. The lowest BCUT2D eigenvalue weighted by atomic mass is 9.71. The van der Waals surface area contributed by atoms with Gasteiger partial charge in [0.1, 0.15) is 0 Å². The van der Waals surface area contributed by atoms with Gasteiger partial charge in [-0.05, 0) is 111 Å². The van der Waals surface area contributed by atoms with Crippen molar-refractivity contribution in [1.29, 1.82) is 0 Å². The first kappa shape index (κ1) is 45.0. The minimum Gasteiger partial charge on any atom is -0.481 e. The summed E-state index contributed by atoms with van der Waals surface area (Å²) in [5.74, 6) is -2.12. The summed E-state index contributed by atoms with van der Waals surface area (Å²) in [5.41, 5.74) is 0.738. The van der Waals surface area contributed by atoms with Crippen molar-refractivity contribution < 1.29 is 61.8 Å². The van der Waals surface area contributed by atoms with Gasteiger partial charge in [-0.3, -0.25) is 23.0 Å². The van der Waals surface area contributed by atoms with E-state index in [0.717, 1.165) is 0 Å². The Morgan fingerprint density at radius 3 is 1.98 bits per heavy atom. The third kappa shape index (κ3) is 11.8. The minimum absolute atomic E-state index is 0.0369. The molecule has 1 heterocycles. The molecule has 0 spiro atoms. The van der Waals surface area contributed by atoms with E-state index >= 15 is 0 Å². The fourth-order valence-corrected chi connectivity index (χ4v) is 8.93. The Labute approximate surface area is 317 Å². The average molecular weight is 834 g/mol. The quantitative estimate of drug-likeness (QED) is 0.0627. The largest absolute Gasteiger partial charge is 0.481 e. The zero-order chi connectivity index (χ0) is 40.9. The number of allylic oxidation sites excluding steroid dienone is 5. The first-order valence-corrected chi connectivity index (χ1v) is 23.0. The third-order valence-corrected chi connectivity index (χ3v) is 13.1. The number of fused-ring (bicyclic) bond motifs is 1. The lowest BCUT2D eigenvalue weighted by Gasteiger charge is -2.33. The summed E-state index contributed by atoms with van der Waals surface area (Å²) >= 11 is 0. The zero-order valence-corrected chi connectivity index (χ0v) is 33.4. The van der Waals surface area contributed by atoms with Gasteiger partial charge in [0.2, 0.25) is 0 Å². The molecule has 0 aliphatic carbocycles. The van der Waals surface area contributed by atoms with Crippen molar-refractivity contribution >= 4 is 52.1 Å². The number of carbonyl (C=O) groups is 1. The first-order valence-electron chi connectivity index (χ1n) is 16.9. The van der Waals surface area contributed by atoms with E-state index < -0.39 is 78.6 Å². The molecule has 2 aromatic rings. The maximum atomic E-state index is 12.2. The molecule has 2 aromatic carbocycles. The van der Waals surface area contributed by atoms with Crippen molar-refractivity contribution in [2.75, 3.05) is 23.0 Å². The molecule has 5 N–H and O–H groups in total. The van der Waals surface area contributed by atoms with Crippen LogP contribution in [0, 0.1) is 6.92 Å². The van der Waals surface area contributed by atoms with Crippen LogP contribution in [0.5, 0.6) is 0 Å². The number of rotatable bonds is 20. The Morgan fingerprint density at radius 2 is 1.41 bits per heavy atom. The van der Waals surface area contributed by atoms with E-state index in [-0.39, 0.29) is 32.1 Å². The number of unbranched alkanes of at least 4 members (excludes halogenated alkanes) is 2. The summed E-state index contributed by atoms with van der Waals surface area (Å²) in [4.78, 5) is 12.2. The molecule has 2 atom stereocenters. The number of carboxylic acid groups (broad SMARTS) is 1. The molecule has 0 bridgehead atoms. The van der Waals surface area contributed by atoms with Crippen molar-refractivity contribution in [3.63, 3.8) is 0 Å². The van der Waals surface area contributed by atoms with E-state index in [4.69, 9.17) is 5.11 Å². The Balaban J connectivity index is 2.19. The average Bonchev–Trinajstić information content (AvgIpc) is 3.24. The Hall–Kier alpha value is -3.43. The number of aryl methyl sites for hydroxylation is 1. The van der Waals surface area contributed by atoms with Crippen LogP contribution >= 0.6 is 0 Å². The lowest BCUT2D eigenvalue weighted by Crippen LogP contribution is -2.30. The molecule has 1 aliphatic rings. The fourth-order valence-electron chi connectivity index (χ4n) is 6.90. The second kappa shape index (κ2) is 17.2. The summed E-state index contributed by atoms with van der Waals surface area (Å²) < 4.78 is 134. The molecule has 0 saturated carbocycles. The molecule has 0 amide bonds. The van der Waals surface area contributed by atoms with Crippen LogP contribution in [0.2, 0.25) is 0 Å². The molecule has 3 rings (SSSR count). The van der Waals surface area contributed by atoms with Crippen LogP contribution in [0.25, 0.3) is 0 Å². The molecule has 1 aliphatic heterocycles. The van der Waals surface area contributed by atoms with Gasteiger partial charge in [0.05, 0.1) is 21.3 Å². The molecule has 0 fully saturated rings. The highest BCUT2D eigenvalue weighted by Crippen LogP contribution is 2.51. The van der Waals surface area contributed by atoms with Crippen molar-refractivity contribution in [3.8, 4) is 0 Å². The highest BCUT2D eigenvalue weighted by Gasteiger charge is 2.44. The maximum Gasteiger partial charge on any atom is 0.303 e. The second-order valence-corrected chi connectivity index (χ2v) is 19.8. The fraction of sp³-hybridized carbons (Fsp3) is 0.457. The molecule has 19 heteroatoms. The molecular weight excluding hydrogens is 787 g/mol. The summed E-state index contributed by atoms with van der Waals surface area (Å²) in [6.45, 7) is 9.72. The number of nitrogens with zero attached hydrogens (tertiary/aromatic N) is 1. The standard InChI is InChI=1S/C35H47NO14S4/c1-25-14-15-27(53(45,46)47)23-29(25)34(3,18-9-21-51(39,40)41)26(2)11-8-12-32-35(4,19-10-22-52(42,43)44)30-24-28(54(48,49)50)16-17-31(30)36(32)20-7-5-6-13-33(37)38/h8,11-12,14-17,23-24H,2,5-7,9-10,13,18-22H2,1,3-4H3,(H,37,38)(H,39,40,41)(H,42,43,44)(H,45,46,47)(H,48,49,50)/b11-8+,32-12+. The van der Waals surface area contributed by atoms with Crippen LogP contribution in [-0.2, 0) is 56.1 Å². The molecule has 0 aromatic heterocycles. The van der Waals surface area contributed by atoms with Crippen LogP contribution < -0.4 is 4.90 Å². The molecule has 2 unspecified atom stereocenters. The predicted octanol–water partition coefficient (Wildman–Crippen LogP) is 5.50. The van der Waals surface area contributed by atoms with E-state index in [1.165, 1.54) is 36.4 Å². The lowest BCUT2D eigenvalue weighted by molar-refractivity contribution is -0.137. The third-order valence-electron chi connectivity index (χ3n) is 9.80. The van der Waals surface area contributed by atoms with Crippen LogP contribution in [0.3, 0.4) is 0 Å². The maximum absolute atomic E-state index is 12.2. The van der Waals surface area contributed by atoms with Gasteiger partial charge >= 0.3 is 5.97 Å². The SMILES string of the molecule is C=C(/C=C/C=C1/N(CCCCCC(=O)O)c2ccc(S(=O)(=O)O)cc2C1(C)CCCS(=O)(=O)O)C(C)(CCCS(=O)(=O)O)c1cc(S(=O)(=O)O)ccc1C. The van der Waals surface area contributed by atoms with Crippen LogP contribution in [-0.4, -0.2) is 81.0 Å². The monoisotopic (exact) mass is 833 g/mol. The van der Waals surface area contributed by atoms with E-state index in [1.807, 2.05) is 4.90 Å². The van der Waals surface area contributed by atoms with Crippen molar-refractivity contribution in [2.45, 2.75) is 92.8 Å². The van der Waals surface area contributed by atoms with Gasteiger partial charge in [0.15, 0.2) is 0 Å².